The Morgan fingerprint density at radius 3 is 2.19 bits per heavy atom. The Hall–Kier alpha value is -3.65. The Balaban J connectivity index is 1.70. The quantitative estimate of drug-likeness (QED) is 0.280. The molecule has 4 rings (SSSR count). The zero-order chi connectivity index (χ0) is 30.1. The summed E-state index contributed by atoms with van der Waals surface area (Å²) in [4.78, 5) is 29.6. The molecule has 224 valence electrons. The van der Waals surface area contributed by atoms with Crippen molar-refractivity contribution in [2.75, 3.05) is 10.8 Å². The van der Waals surface area contributed by atoms with Crippen LogP contribution in [0.25, 0.3) is 0 Å². The summed E-state index contributed by atoms with van der Waals surface area (Å²) in [5, 5.41) is 3.19. The minimum atomic E-state index is -4.07. The van der Waals surface area contributed by atoms with Crippen LogP contribution in [0.1, 0.15) is 69.1 Å². The molecule has 0 aliphatic heterocycles. The second-order valence-electron chi connectivity index (χ2n) is 11.1. The highest BCUT2D eigenvalue weighted by Crippen LogP contribution is 2.26. The van der Waals surface area contributed by atoms with Gasteiger partial charge in [0.1, 0.15) is 12.6 Å². The van der Waals surface area contributed by atoms with E-state index in [0.717, 1.165) is 48.8 Å². The second kappa shape index (κ2) is 14.5. The van der Waals surface area contributed by atoms with E-state index < -0.39 is 28.5 Å². The van der Waals surface area contributed by atoms with Crippen molar-refractivity contribution < 1.29 is 18.0 Å². The molecule has 0 bridgehead atoms. The van der Waals surface area contributed by atoms with E-state index in [1.165, 1.54) is 22.9 Å². The summed E-state index contributed by atoms with van der Waals surface area (Å²) < 4.78 is 29.1. The second-order valence-corrected chi connectivity index (χ2v) is 13.0. The van der Waals surface area contributed by atoms with E-state index in [9.17, 15) is 18.0 Å². The third-order valence-electron chi connectivity index (χ3n) is 8.02. The maximum Gasteiger partial charge on any atom is 0.264 e. The van der Waals surface area contributed by atoms with Gasteiger partial charge in [0.2, 0.25) is 11.8 Å². The fourth-order valence-electron chi connectivity index (χ4n) is 5.62. The van der Waals surface area contributed by atoms with E-state index in [4.69, 9.17) is 0 Å². The zero-order valence-corrected chi connectivity index (χ0v) is 25.8. The van der Waals surface area contributed by atoms with Crippen molar-refractivity contribution in [3.05, 3.63) is 95.6 Å². The van der Waals surface area contributed by atoms with Crippen LogP contribution in [0.3, 0.4) is 0 Å². The number of aryl methyl sites for hydroxylation is 2. The van der Waals surface area contributed by atoms with E-state index in [1.54, 1.807) is 35.2 Å². The van der Waals surface area contributed by atoms with Gasteiger partial charge in [-0.15, -0.1) is 0 Å². The molecule has 0 radical (unpaired) electrons. The SMILES string of the molecule is CCc1ccc(N(CC(=O)N(Cc2cccc(C)c2)[C@H](CC)C(=O)NC2CCCCC2)S(=O)(=O)c2ccccc2)cc1. The standard InChI is InChI=1S/C34H43N3O4S/c1-4-27-19-21-30(22-20-27)37(42(40,41)31-17-10-7-11-18-31)25-33(38)36(24-28-14-12-13-26(3)23-28)32(5-2)34(39)35-29-15-8-6-9-16-29/h7,10-14,17-23,29,32H,4-6,8-9,15-16,24-25H2,1-3H3,(H,35,39)/t32-/m1/s1. The maximum atomic E-state index is 14.3. The van der Waals surface area contributed by atoms with Gasteiger partial charge in [0.25, 0.3) is 10.0 Å². The van der Waals surface area contributed by atoms with E-state index in [2.05, 4.69) is 5.32 Å². The summed E-state index contributed by atoms with van der Waals surface area (Å²) in [6, 6.07) is 22.6. The summed E-state index contributed by atoms with van der Waals surface area (Å²) in [5.41, 5.74) is 3.40. The minimum Gasteiger partial charge on any atom is -0.352 e. The number of carbonyl (C=O) groups is 2. The number of sulfonamides is 1. The number of hydrogen-bond acceptors (Lipinski definition) is 4. The number of carbonyl (C=O) groups excluding carboxylic acids is 2. The molecular formula is C34H43N3O4S. The molecule has 7 nitrogen and oxygen atoms in total. The van der Waals surface area contributed by atoms with Crippen molar-refractivity contribution in [1.82, 2.24) is 10.2 Å². The summed E-state index contributed by atoms with van der Waals surface area (Å²) in [5.74, 6) is -0.614. The lowest BCUT2D eigenvalue weighted by Gasteiger charge is -2.34. The van der Waals surface area contributed by atoms with Crippen molar-refractivity contribution in [3.63, 3.8) is 0 Å². The van der Waals surface area contributed by atoms with Crippen LogP contribution >= 0.6 is 0 Å². The van der Waals surface area contributed by atoms with Crippen LogP contribution in [0.5, 0.6) is 0 Å². The van der Waals surface area contributed by atoms with Crippen LogP contribution in [0.2, 0.25) is 0 Å². The Morgan fingerprint density at radius 2 is 1.57 bits per heavy atom. The smallest absolute Gasteiger partial charge is 0.264 e. The monoisotopic (exact) mass is 589 g/mol. The van der Waals surface area contributed by atoms with Crippen LogP contribution in [0.4, 0.5) is 5.69 Å². The first kappa shape index (κ1) is 31.3. The summed E-state index contributed by atoms with van der Waals surface area (Å²) in [6.07, 6.45) is 6.42. The van der Waals surface area contributed by atoms with Gasteiger partial charge >= 0.3 is 0 Å². The number of anilines is 1. The Kier molecular flexibility index (Phi) is 10.8. The Morgan fingerprint density at radius 1 is 0.881 bits per heavy atom. The molecule has 2 amide bonds. The first-order valence-electron chi connectivity index (χ1n) is 15.0. The van der Waals surface area contributed by atoms with Gasteiger partial charge in [-0.25, -0.2) is 8.42 Å². The fourth-order valence-corrected chi connectivity index (χ4v) is 7.05. The predicted octanol–water partition coefficient (Wildman–Crippen LogP) is 6.01. The number of hydrogen-bond donors (Lipinski definition) is 1. The van der Waals surface area contributed by atoms with Crippen LogP contribution in [0, 0.1) is 6.92 Å². The average Bonchev–Trinajstić information content (AvgIpc) is 3.00. The predicted molar refractivity (Wildman–Crippen MR) is 168 cm³/mol. The van der Waals surface area contributed by atoms with E-state index >= 15 is 0 Å². The summed E-state index contributed by atoms with van der Waals surface area (Å²) in [7, 11) is -4.07. The first-order chi connectivity index (χ1) is 20.2. The normalized spacial score (nSPS) is 14.6. The molecule has 0 spiro atoms. The lowest BCUT2D eigenvalue weighted by molar-refractivity contribution is -0.140. The molecule has 0 saturated heterocycles. The summed E-state index contributed by atoms with van der Waals surface area (Å²) in [6.45, 7) is 5.68. The fraction of sp³-hybridized carbons (Fsp3) is 0.412. The molecule has 0 aromatic heterocycles. The minimum absolute atomic E-state index is 0.100. The molecule has 0 heterocycles. The third-order valence-corrected chi connectivity index (χ3v) is 9.80. The van der Waals surface area contributed by atoms with Gasteiger partial charge in [-0.05, 0) is 68.0 Å². The number of nitrogens with one attached hydrogen (secondary N) is 1. The molecule has 42 heavy (non-hydrogen) atoms. The largest absolute Gasteiger partial charge is 0.352 e. The van der Waals surface area contributed by atoms with Gasteiger partial charge in [0.15, 0.2) is 0 Å². The number of rotatable bonds is 12. The summed E-state index contributed by atoms with van der Waals surface area (Å²) >= 11 is 0. The molecule has 1 aliphatic rings. The third kappa shape index (κ3) is 7.79. The molecular weight excluding hydrogens is 546 g/mol. The van der Waals surface area contributed by atoms with E-state index in [-0.39, 0.29) is 23.4 Å². The average molecular weight is 590 g/mol. The Labute approximate surface area is 251 Å². The first-order valence-corrected chi connectivity index (χ1v) is 16.5. The van der Waals surface area contributed by atoms with Crippen LogP contribution < -0.4 is 9.62 Å². The molecule has 3 aromatic carbocycles. The van der Waals surface area contributed by atoms with Crippen LogP contribution in [-0.2, 0) is 32.6 Å². The lowest BCUT2D eigenvalue weighted by Crippen LogP contribution is -2.54. The molecule has 1 atom stereocenters. The van der Waals surface area contributed by atoms with Gasteiger partial charge in [-0.3, -0.25) is 13.9 Å². The van der Waals surface area contributed by atoms with Crippen molar-refractivity contribution in [2.45, 2.75) is 89.2 Å². The van der Waals surface area contributed by atoms with Crippen molar-refractivity contribution >= 4 is 27.5 Å². The van der Waals surface area contributed by atoms with E-state index in [1.807, 2.05) is 57.2 Å². The van der Waals surface area contributed by atoms with Crippen molar-refractivity contribution in [3.8, 4) is 0 Å². The maximum absolute atomic E-state index is 14.3. The van der Waals surface area contributed by atoms with Crippen molar-refractivity contribution in [2.24, 2.45) is 0 Å². The van der Waals surface area contributed by atoms with E-state index in [0.29, 0.717) is 12.1 Å². The highest BCUT2D eigenvalue weighted by molar-refractivity contribution is 7.92. The van der Waals surface area contributed by atoms with Gasteiger partial charge in [-0.1, -0.05) is 93.3 Å². The molecule has 1 aliphatic carbocycles. The molecule has 1 saturated carbocycles. The number of nitrogens with zero attached hydrogens (tertiary/aromatic N) is 2. The molecule has 3 aromatic rings. The number of benzene rings is 3. The molecule has 0 unspecified atom stereocenters. The van der Waals surface area contributed by atoms with Crippen LogP contribution in [0.15, 0.2) is 83.8 Å². The zero-order valence-electron chi connectivity index (χ0n) is 25.0. The highest BCUT2D eigenvalue weighted by Gasteiger charge is 2.34. The van der Waals surface area contributed by atoms with Gasteiger partial charge in [0, 0.05) is 12.6 Å². The molecule has 1 fully saturated rings. The highest BCUT2D eigenvalue weighted by atomic mass is 32.2. The van der Waals surface area contributed by atoms with Gasteiger partial charge in [-0.2, -0.15) is 0 Å². The lowest BCUT2D eigenvalue weighted by atomic mass is 9.95. The van der Waals surface area contributed by atoms with Crippen LogP contribution in [-0.4, -0.2) is 43.8 Å². The molecule has 1 N–H and O–H groups in total. The molecule has 8 heteroatoms. The van der Waals surface area contributed by atoms with Gasteiger partial charge < -0.3 is 10.2 Å². The number of amides is 2. The van der Waals surface area contributed by atoms with Gasteiger partial charge in [0.05, 0.1) is 10.6 Å². The topological polar surface area (TPSA) is 86.8 Å². The van der Waals surface area contributed by atoms with Crippen molar-refractivity contribution in [1.29, 1.82) is 0 Å². The Bertz CT molecular complexity index is 1440.